The molecule has 0 fully saturated rings. The highest BCUT2D eigenvalue weighted by Crippen LogP contribution is 2.28. The summed E-state index contributed by atoms with van der Waals surface area (Å²) in [6, 6.07) is 10.1. The number of carbonyl (C=O) groups is 2. The Hall–Kier alpha value is -2.65. The number of sulfonamides is 1. The Balaban J connectivity index is 2.21. The summed E-state index contributed by atoms with van der Waals surface area (Å²) in [5.41, 5.74) is 1.77. The van der Waals surface area contributed by atoms with Crippen molar-refractivity contribution in [2.45, 2.75) is 45.7 Å². The molecule has 0 aliphatic rings. The second-order valence-corrected chi connectivity index (χ2v) is 10.3. The van der Waals surface area contributed by atoms with Gasteiger partial charge in [-0.15, -0.1) is 0 Å². The molecule has 0 saturated heterocycles. The van der Waals surface area contributed by atoms with Crippen LogP contribution in [0.5, 0.6) is 0 Å². The molecule has 0 saturated carbocycles. The maximum absolute atomic E-state index is 13.3. The predicted octanol–water partition coefficient (Wildman–Crippen LogP) is 3.89. The summed E-state index contributed by atoms with van der Waals surface area (Å²) in [6.45, 7) is 3.75. The van der Waals surface area contributed by atoms with E-state index in [0.29, 0.717) is 28.3 Å². The van der Waals surface area contributed by atoms with E-state index in [-0.39, 0.29) is 37.7 Å². The maximum Gasteiger partial charge on any atom is 0.242 e. The van der Waals surface area contributed by atoms with E-state index in [0.717, 1.165) is 6.26 Å². The number of carbonyl (C=O) groups excluding carboxylic acids is 2. The lowest BCUT2D eigenvalue weighted by Gasteiger charge is -2.31. The van der Waals surface area contributed by atoms with Gasteiger partial charge in [0.15, 0.2) is 0 Å². The van der Waals surface area contributed by atoms with Crippen LogP contribution in [0.2, 0.25) is 5.02 Å². The molecule has 2 aromatic rings. The molecule has 1 atom stereocenters. The summed E-state index contributed by atoms with van der Waals surface area (Å²) in [5.74, 6) is -0.988. The first-order valence-corrected chi connectivity index (χ1v) is 13.2. The summed E-state index contributed by atoms with van der Waals surface area (Å²) < 4.78 is 39.5. The normalized spacial score (nSPS) is 12.2. The first-order valence-electron chi connectivity index (χ1n) is 11.0. The van der Waals surface area contributed by atoms with E-state index in [2.05, 4.69) is 5.32 Å². The molecule has 186 valence electrons. The first kappa shape index (κ1) is 27.6. The molecule has 1 unspecified atom stereocenters. The van der Waals surface area contributed by atoms with Crippen LogP contribution in [0.3, 0.4) is 0 Å². The molecule has 0 spiro atoms. The molecule has 0 aliphatic heterocycles. The van der Waals surface area contributed by atoms with Crippen molar-refractivity contribution in [3.8, 4) is 0 Å². The number of benzene rings is 2. The Kier molecular flexibility index (Phi) is 9.88. The fraction of sp³-hybridized carbons (Fsp3) is 0.417. The van der Waals surface area contributed by atoms with Crippen LogP contribution in [0.25, 0.3) is 0 Å². The average Bonchev–Trinajstić information content (AvgIpc) is 2.79. The zero-order chi connectivity index (χ0) is 25.5. The van der Waals surface area contributed by atoms with Crippen LogP contribution in [-0.2, 0) is 26.2 Å². The van der Waals surface area contributed by atoms with Crippen molar-refractivity contribution in [2.75, 3.05) is 24.2 Å². The molecule has 7 nitrogen and oxygen atoms in total. The lowest BCUT2D eigenvalue weighted by Crippen LogP contribution is -2.48. The van der Waals surface area contributed by atoms with Crippen LogP contribution in [-0.4, -0.2) is 51.0 Å². The quantitative estimate of drug-likeness (QED) is 0.496. The minimum Gasteiger partial charge on any atom is -0.357 e. The van der Waals surface area contributed by atoms with Gasteiger partial charge in [-0.1, -0.05) is 36.7 Å². The predicted molar refractivity (Wildman–Crippen MR) is 133 cm³/mol. The largest absolute Gasteiger partial charge is 0.357 e. The summed E-state index contributed by atoms with van der Waals surface area (Å²) in [7, 11) is -2.11. The van der Waals surface area contributed by atoms with Crippen molar-refractivity contribution in [3.63, 3.8) is 0 Å². The third-order valence-corrected chi connectivity index (χ3v) is 7.15. The molecule has 10 heteroatoms. The smallest absolute Gasteiger partial charge is 0.242 e. The fourth-order valence-electron chi connectivity index (χ4n) is 3.72. The van der Waals surface area contributed by atoms with Crippen LogP contribution in [0.4, 0.5) is 10.1 Å². The first-order chi connectivity index (χ1) is 16.0. The monoisotopic (exact) mass is 511 g/mol. The van der Waals surface area contributed by atoms with E-state index >= 15 is 0 Å². The van der Waals surface area contributed by atoms with E-state index in [9.17, 15) is 22.4 Å². The van der Waals surface area contributed by atoms with Crippen LogP contribution in [0.15, 0.2) is 42.5 Å². The lowest BCUT2D eigenvalue weighted by molar-refractivity contribution is -0.141. The number of nitrogens with zero attached hydrogens (tertiary/aromatic N) is 2. The Morgan fingerprint density at radius 3 is 2.35 bits per heavy atom. The number of halogens is 2. The summed E-state index contributed by atoms with van der Waals surface area (Å²) in [4.78, 5) is 27.1. The molecular weight excluding hydrogens is 481 g/mol. The molecule has 0 radical (unpaired) electrons. The third kappa shape index (κ3) is 7.17. The number of nitrogens with one attached hydrogen (secondary N) is 1. The van der Waals surface area contributed by atoms with Crippen LogP contribution in [0, 0.1) is 12.7 Å². The molecule has 2 aromatic carbocycles. The van der Waals surface area contributed by atoms with Gasteiger partial charge in [0.25, 0.3) is 0 Å². The van der Waals surface area contributed by atoms with E-state index < -0.39 is 21.9 Å². The third-order valence-electron chi connectivity index (χ3n) is 5.56. The van der Waals surface area contributed by atoms with Crippen molar-refractivity contribution in [2.24, 2.45) is 0 Å². The van der Waals surface area contributed by atoms with Crippen LogP contribution < -0.4 is 9.62 Å². The van der Waals surface area contributed by atoms with E-state index in [1.807, 2.05) is 0 Å². The van der Waals surface area contributed by atoms with Crippen molar-refractivity contribution in [1.29, 1.82) is 0 Å². The van der Waals surface area contributed by atoms with Gasteiger partial charge in [-0.3, -0.25) is 13.9 Å². The number of anilines is 1. The highest BCUT2D eigenvalue weighted by atomic mass is 35.5. The van der Waals surface area contributed by atoms with Crippen molar-refractivity contribution >= 4 is 39.1 Å². The molecule has 0 aliphatic carbocycles. The zero-order valence-corrected chi connectivity index (χ0v) is 21.4. The van der Waals surface area contributed by atoms with Crippen LogP contribution in [0.1, 0.15) is 37.3 Å². The number of hydrogen-bond acceptors (Lipinski definition) is 4. The molecule has 2 amide bonds. The maximum atomic E-state index is 13.3. The van der Waals surface area contributed by atoms with E-state index in [1.165, 1.54) is 28.4 Å². The van der Waals surface area contributed by atoms with Gasteiger partial charge in [0.05, 0.1) is 11.9 Å². The molecule has 34 heavy (non-hydrogen) atoms. The number of likely N-dealkylation sites (N-methyl/N-ethyl adjacent to an activating group) is 1. The average molecular weight is 512 g/mol. The summed E-state index contributed by atoms with van der Waals surface area (Å²) in [6.07, 6.45) is 1.76. The molecular formula is C24H31ClFN3O4S. The second kappa shape index (κ2) is 12.2. The summed E-state index contributed by atoms with van der Waals surface area (Å²) in [5, 5.41) is 3.03. The standard InChI is InChI=1S/C24H31ClFN3O4S/c1-5-21(24(31)27-3)28(16-18-11-13-19(26)14-12-18)23(30)10-7-15-29(34(4,32)33)22-9-6-8-20(25)17(22)2/h6,8-9,11-14,21H,5,7,10,15-16H2,1-4H3,(H,27,31). The Labute approximate surface area is 205 Å². The molecule has 0 aromatic heterocycles. The number of amides is 2. The molecule has 0 bridgehead atoms. The summed E-state index contributed by atoms with van der Waals surface area (Å²) >= 11 is 6.17. The fourth-order valence-corrected chi connectivity index (χ4v) is 4.91. The highest BCUT2D eigenvalue weighted by molar-refractivity contribution is 7.92. The molecule has 1 N–H and O–H groups in total. The van der Waals surface area contributed by atoms with Gasteiger partial charge >= 0.3 is 0 Å². The van der Waals surface area contributed by atoms with Gasteiger partial charge in [-0.2, -0.15) is 0 Å². The van der Waals surface area contributed by atoms with Gasteiger partial charge < -0.3 is 10.2 Å². The van der Waals surface area contributed by atoms with Crippen molar-refractivity contribution in [3.05, 3.63) is 64.4 Å². The Morgan fingerprint density at radius 2 is 1.79 bits per heavy atom. The minimum atomic E-state index is -3.62. The van der Waals surface area contributed by atoms with Crippen LogP contribution >= 0.6 is 11.6 Å². The molecule has 0 heterocycles. The van der Waals surface area contributed by atoms with Gasteiger partial charge in [0.2, 0.25) is 21.8 Å². The minimum absolute atomic E-state index is 0.0281. The van der Waals surface area contributed by atoms with Crippen molar-refractivity contribution < 1.29 is 22.4 Å². The lowest BCUT2D eigenvalue weighted by atomic mass is 10.1. The number of hydrogen-bond donors (Lipinski definition) is 1. The van der Waals surface area contributed by atoms with Gasteiger partial charge in [0, 0.05) is 31.6 Å². The number of rotatable bonds is 11. The highest BCUT2D eigenvalue weighted by Gasteiger charge is 2.28. The Bertz CT molecular complexity index is 1110. The Morgan fingerprint density at radius 1 is 1.15 bits per heavy atom. The van der Waals surface area contributed by atoms with Gasteiger partial charge in [-0.25, -0.2) is 12.8 Å². The van der Waals surface area contributed by atoms with Gasteiger partial charge in [-0.05, 0) is 55.2 Å². The van der Waals surface area contributed by atoms with E-state index in [4.69, 9.17) is 11.6 Å². The second-order valence-electron chi connectivity index (χ2n) is 8.01. The topological polar surface area (TPSA) is 86.8 Å². The zero-order valence-electron chi connectivity index (χ0n) is 19.8. The van der Waals surface area contributed by atoms with Crippen molar-refractivity contribution in [1.82, 2.24) is 10.2 Å². The molecule has 2 rings (SSSR count). The van der Waals surface area contributed by atoms with E-state index in [1.54, 1.807) is 44.2 Å². The SMILES string of the molecule is CCC(C(=O)NC)N(Cc1ccc(F)cc1)C(=O)CCCN(c1cccc(Cl)c1C)S(C)(=O)=O. The van der Waals surface area contributed by atoms with Gasteiger partial charge in [0.1, 0.15) is 11.9 Å².